The van der Waals surface area contributed by atoms with E-state index in [1.54, 1.807) is 0 Å². The molecule has 0 aliphatic heterocycles. The zero-order valence-electron chi connectivity index (χ0n) is 17.4. The molecule has 6 nitrogen and oxygen atoms in total. The summed E-state index contributed by atoms with van der Waals surface area (Å²) in [6.07, 6.45) is 0.658. The van der Waals surface area contributed by atoms with Crippen LogP contribution in [0, 0.1) is 19.7 Å². The van der Waals surface area contributed by atoms with Gasteiger partial charge in [0.1, 0.15) is 12.4 Å². The lowest BCUT2D eigenvalue weighted by molar-refractivity contribution is -0.120. The topological polar surface area (TPSA) is 69.7 Å². The summed E-state index contributed by atoms with van der Waals surface area (Å²) in [5.74, 6) is -0.925. The first-order valence-corrected chi connectivity index (χ1v) is 10.8. The second-order valence-electron chi connectivity index (χ2n) is 7.15. The molecule has 2 aromatic rings. The van der Waals surface area contributed by atoms with Crippen LogP contribution >= 0.6 is 0 Å². The van der Waals surface area contributed by atoms with E-state index < -0.39 is 28.5 Å². The van der Waals surface area contributed by atoms with Gasteiger partial charge in [0.15, 0.2) is 0 Å². The van der Waals surface area contributed by atoms with Gasteiger partial charge in [0.05, 0.1) is 11.7 Å². The smallest absolute Gasteiger partial charge is 0.304 e. The second kappa shape index (κ2) is 9.37. The first kappa shape index (κ1) is 22.8. The average molecular weight is 422 g/mol. The van der Waals surface area contributed by atoms with E-state index in [2.05, 4.69) is 5.32 Å². The second-order valence-corrected chi connectivity index (χ2v) is 9.21. The van der Waals surface area contributed by atoms with Crippen LogP contribution in [0.4, 0.5) is 10.1 Å². The Balaban J connectivity index is 2.26. The number of aryl methyl sites for hydroxylation is 2. The van der Waals surface area contributed by atoms with E-state index in [9.17, 15) is 17.6 Å². The Morgan fingerprint density at radius 3 is 2.21 bits per heavy atom. The molecule has 0 heterocycles. The van der Waals surface area contributed by atoms with Crippen molar-refractivity contribution in [3.05, 3.63) is 65.0 Å². The van der Waals surface area contributed by atoms with E-state index in [0.29, 0.717) is 6.42 Å². The van der Waals surface area contributed by atoms with Crippen LogP contribution in [0.1, 0.15) is 36.1 Å². The van der Waals surface area contributed by atoms with Crippen molar-refractivity contribution in [2.45, 2.75) is 33.2 Å². The Kier molecular flexibility index (Phi) is 7.37. The lowest BCUT2D eigenvalue weighted by atomic mass is 9.99. The van der Waals surface area contributed by atoms with Gasteiger partial charge < -0.3 is 5.32 Å². The van der Waals surface area contributed by atoms with E-state index in [1.165, 1.54) is 26.2 Å². The highest BCUT2D eigenvalue weighted by atomic mass is 32.2. The highest BCUT2D eigenvalue weighted by Crippen LogP contribution is 2.22. The zero-order valence-corrected chi connectivity index (χ0v) is 18.3. The molecule has 2 aromatic carbocycles. The standard InChI is InChI=1S/C21H28FN3O3S/c1-6-20(17-8-7-15(2)16(3)13-17)23-21(26)14-25(29(27,28)24(4)5)19-11-9-18(22)10-12-19/h7-13,20H,6,14H2,1-5H3,(H,23,26)/t20-/m1/s1. The van der Waals surface area contributed by atoms with Gasteiger partial charge in [-0.25, -0.2) is 8.70 Å². The Hall–Kier alpha value is -2.45. The predicted octanol–water partition coefficient (Wildman–Crippen LogP) is 3.32. The van der Waals surface area contributed by atoms with Crippen LogP contribution in [0.5, 0.6) is 0 Å². The number of benzene rings is 2. The van der Waals surface area contributed by atoms with E-state index in [1.807, 2.05) is 39.0 Å². The maximum absolute atomic E-state index is 13.3. The van der Waals surface area contributed by atoms with E-state index >= 15 is 0 Å². The number of rotatable bonds is 8. The van der Waals surface area contributed by atoms with E-state index in [0.717, 1.165) is 37.4 Å². The molecule has 1 atom stereocenters. The van der Waals surface area contributed by atoms with Gasteiger partial charge in [-0.2, -0.15) is 12.7 Å². The molecule has 2 rings (SSSR count). The molecule has 0 unspecified atom stereocenters. The van der Waals surface area contributed by atoms with Crippen LogP contribution in [0.2, 0.25) is 0 Å². The molecule has 1 N–H and O–H groups in total. The molecule has 0 fully saturated rings. The van der Waals surface area contributed by atoms with Gasteiger partial charge in [-0.15, -0.1) is 0 Å². The molecule has 0 aliphatic carbocycles. The number of nitrogens with one attached hydrogen (secondary N) is 1. The van der Waals surface area contributed by atoms with E-state index in [4.69, 9.17) is 0 Å². The number of halogens is 1. The van der Waals surface area contributed by atoms with Crippen molar-refractivity contribution in [2.75, 3.05) is 24.9 Å². The fourth-order valence-electron chi connectivity index (χ4n) is 2.88. The normalized spacial score (nSPS) is 12.7. The summed E-state index contributed by atoms with van der Waals surface area (Å²) in [6, 6.07) is 10.8. The third kappa shape index (κ3) is 5.55. The number of nitrogens with zero attached hydrogens (tertiary/aromatic N) is 2. The summed E-state index contributed by atoms with van der Waals surface area (Å²) in [6.45, 7) is 5.57. The largest absolute Gasteiger partial charge is 0.348 e. The predicted molar refractivity (Wildman–Crippen MR) is 113 cm³/mol. The zero-order chi connectivity index (χ0) is 21.8. The first-order chi connectivity index (χ1) is 13.6. The third-order valence-corrected chi connectivity index (χ3v) is 6.64. The molecule has 29 heavy (non-hydrogen) atoms. The molecule has 0 bridgehead atoms. The molecule has 0 radical (unpaired) electrons. The molecule has 0 saturated heterocycles. The van der Waals surface area contributed by atoms with Gasteiger partial charge in [-0.05, 0) is 61.2 Å². The van der Waals surface area contributed by atoms with Gasteiger partial charge in [0.2, 0.25) is 5.91 Å². The number of anilines is 1. The van der Waals surface area contributed by atoms with Crippen molar-refractivity contribution in [3.63, 3.8) is 0 Å². The van der Waals surface area contributed by atoms with Crippen molar-refractivity contribution in [3.8, 4) is 0 Å². The molecule has 1 amide bonds. The van der Waals surface area contributed by atoms with Gasteiger partial charge >= 0.3 is 10.2 Å². The fourth-order valence-corrected chi connectivity index (χ4v) is 3.95. The van der Waals surface area contributed by atoms with Crippen LogP contribution < -0.4 is 9.62 Å². The van der Waals surface area contributed by atoms with Crippen molar-refractivity contribution in [1.82, 2.24) is 9.62 Å². The monoisotopic (exact) mass is 421 g/mol. The number of carbonyl (C=O) groups excluding carboxylic acids is 1. The molecule has 0 aliphatic rings. The SMILES string of the molecule is CC[C@@H](NC(=O)CN(c1ccc(F)cc1)S(=O)(=O)N(C)C)c1ccc(C)c(C)c1. The van der Waals surface area contributed by atoms with Crippen LogP contribution in [0.25, 0.3) is 0 Å². The van der Waals surface area contributed by atoms with Gasteiger partial charge in [-0.3, -0.25) is 4.79 Å². The molecule has 0 saturated carbocycles. The summed E-state index contributed by atoms with van der Waals surface area (Å²) in [5.41, 5.74) is 3.47. The van der Waals surface area contributed by atoms with Gasteiger partial charge in [0.25, 0.3) is 0 Å². The Morgan fingerprint density at radius 2 is 1.69 bits per heavy atom. The Morgan fingerprint density at radius 1 is 1.07 bits per heavy atom. The third-order valence-electron chi connectivity index (χ3n) is 4.82. The minimum absolute atomic E-state index is 0.217. The number of carbonyl (C=O) groups is 1. The summed E-state index contributed by atoms with van der Waals surface area (Å²) < 4.78 is 40.7. The molecule has 158 valence electrons. The van der Waals surface area contributed by atoms with Crippen LogP contribution in [0.3, 0.4) is 0 Å². The van der Waals surface area contributed by atoms with Crippen molar-refractivity contribution < 1.29 is 17.6 Å². The van der Waals surface area contributed by atoms with Crippen LogP contribution in [-0.4, -0.2) is 39.3 Å². The summed E-state index contributed by atoms with van der Waals surface area (Å²) in [4.78, 5) is 12.7. The highest BCUT2D eigenvalue weighted by Gasteiger charge is 2.28. The van der Waals surface area contributed by atoms with Gasteiger partial charge in [-0.1, -0.05) is 25.1 Å². The van der Waals surface area contributed by atoms with Crippen molar-refractivity contribution in [1.29, 1.82) is 0 Å². The summed E-state index contributed by atoms with van der Waals surface area (Å²) in [7, 11) is -1.17. The number of hydrogen-bond acceptors (Lipinski definition) is 3. The number of amides is 1. The van der Waals surface area contributed by atoms with Crippen LogP contribution in [0.15, 0.2) is 42.5 Å². The molecular formula is C21H28FN3O3S. The molecule has 0 aromatic heterocycles. The Bertz CT molecular complexity index is 960. The minimum Gasteiger partial charge on any atom is -0.348 e. The number of hydrogen-bond donors (Lipinski definition) is 1. The summed E-state index contributed by atoms with van der Waals surface area (Å²) in [5, 5.41) is 2.91. The highest BCUT2D eigenvalue weighted by molar-refractivity contribution is 7.90. The fraction of sp³-hybridized carbons (Fsp3) is 0.381. The molecule has 0 spiro atoms. The van der Waals surface area contributed by atoms with Crippen LogP contribution in [-0.2, 0) is 15.0 Å². The van der Waals surface area contributed by atoms with Crippen molar-refractivity contribution in [2.24, 2.45) is 0 Å². The molecule has 8 heteroatoms. The van der Waals surface area contributed by atoms with E-state index in [-0.39, 0.29) is 11.7 Å². The minimum atomic E-state index is -3.94. The maximum atomic E-state index is 13.3. The summed E-state index contributed by atoms with van der Waals surface area (Å²) >= 11 is 0. The molecular weight excluding hydrogens is 393 g/mol. The Labute approximate surface area is 172 Å². The quantitative estimate of drug-likeness (QED) is 0.711. The average Bonchev–Trinajstić information content (AvgIpc) is 2.67. The lowest BCUT2D eigenvalue weighted by Gasteiger charge is -2.28. The maximum Gasteiger partial charge on any atom is 0.304 e. The van der Waals surface area contributed by atoms with Crippen molar-refractivity contribution >= 4 is 21.8 Å². The van der Waals surface area contributed by atoms with Gasteiger partial charge in [0, 0.05) is 14.1 Å². The first-order valence-electron chi connectivity index (χ1n) is 9.38. The lowest BCUT2D eigenvalue weighted by Crippen LogP contribution is -2.46.